The summed E-state index contributed by atoms with van der Waals surface area (Å²) in [6, 6.07) is 12.1. The van der Waals surface area contributed by atoms with Crippen molar-refractivity contribution in [2.75, 3.05) is 46.0 Å². The molecule has 1 amide bonds. The van der Waals surface area contributed by atoms with Gasteiger partial charge in [-0.2, -0.15) is 13.2 Å². The van der Waals surface area contributed by atoms with Crippen LogP contribution in [0.25, 0.3) is 10.9 Å². The van der Waals surface area contributed by atoms with Gasteiger partial charge in [-0.3, -0.25) is 9.69 Å². The van der Waals surface area contributed by atoms with Crippen molar-refractivity contribution in [3.05, 3.63) is 42.1 Å². The minimum Gasteiger partial charge on any atom is -0.475 e. The molecule has 2 saturated heterocycles. The standard InChI is InChI=1S/C21H27N3O3.C2HF3O2/c1-16(2)23-9-11-26-15-21(13-23)14-24(10-12-27-21)20(25)19-8-7-17-5-3-4-6-18(17)22-19;3-2(4,5)1(6)7/h3-8,16H,9-15H2,1-2H3;(H,6,7). The van der Waals surface area contributed by atoms with Crippen LogP contribution in [0.1, 0.15) is 24.3 Å². The van der Waals surface area contributed by atoms with E-state index in [9.17, 15) is 18.0 Å². The molecule has 2 aliphatic rings. The van der Waals surface area contributed by atoms with E-state index < -0.39 is 17.7 Å². The molecule has 3 heterocycles. The van der Waals surface area contributed by atoms with E-state index in [1.807, 2.05) is 41.3 Å². The Kier molecular flexibility index (Phi) is 8.11. The highest BCUT2D eigenvalue weighted by atomic mass is 19.4. The molecule has 4 rings (SSSR count). The second-order valence-corrected chi connectivity index (χ2v) is 8.57. The summed E-state index contributed by atoms with van der Waals surface area (Å²) < 4.78 is 43.7. The summed E-state index contributed by atoms with van der Waals surface area (Å²) in [7, 11) is 0. The molecule has 0 bridgehead atoms. The molecule has 2 fully saturated rings. The molecular formula is C23H28F3N3O5. The highest BCUT2D eigenvalue weighted by molar-refractivity contribution is 5.95. The molecule has 8 nitrogen and oxygen atoms in total. The molecule has 186 valence electrons. The number of ether oxygens (including phenoxy) is 2. The Morgan fingerprint density at radius 3 is 2.47 bits per heavy atom. The van der Waals surface area contributed by atoms with Crippen LogP contribution in [0.3, 0.4) is 0 Å². The van der Waals surface area contributed by atoms with Gasteiger partial charge in [-0.15, -0.1) is 0 Å². The number of morpholine rings is 1. The van der Waals surface area contributed by atoms with Gasteiger partial charge in [0.15, 0.2) is 0 Å². The number of carbonyl (C=O) groups excluding carboxylic acids is 1. The Bertz CT molecular complexity index is 1020. The highest BCUT2D eigenvalue weighted by Gasteiger charge is 2.42. The van der Waals surface area contributed by atoms with Crippen molar-refractivity contribution < 1.29 is 37.3 Å². The van der Waals surface area contributed by atoms with Crippen LogP contribution in [0.4, 0.5) is 13.2 Å². The maximum absolute atomic E-state index is 13.1. The summed E-state index contributed by atoms with van der Waals surface area (Å²) in [5.41, 5.74) is 0.863. The number of carbonyl (C=O) groups is 2. The molecule has 11 heteroatoms. The number of alkyl halides is 3. The van der Waals surface area contributed by atoms with Crippen LogP contribution in [0, 0.1) is 0 Å². The molecular weight excluding hydrogens is 455 g/mol. The van der Waals surface area contributed by atoms with E-state index in [0.29, 0.717) is 44.6 Å². The lowest BCUT2D eigenvalue weighted by Crippen LogP contribution is -2.60. The number of hydrogen-bond donors (Lipinski definition) is 1. The number of benzene rings is 1. The van der Waals surface area contributed by atoms with E-state index in [0.717, 1.165) is 24.0 Å². The summed E-state index contributed by atoms with van der Waals surface area (Å²) in [5, 5.41) is 8.16. The van der Waals surface area contributed by atoms with Crippen LogP contribution < -0.4 is 0 Å². The highest BCUT2D eigenvalue weighted by Crippen LogP contribution is 2.25. The van der Waals surface area contributed by atoms with Gasteiger partial charge < -0.3 is 19.5 Å². The third-order valence-electron chi connectivity index (χ3n) is 5.71. The normalized spacial score (nSPS) is 21.8. The molecule has 1 atom stereocenters. The van der Waals surface area contributed by atoms with Crippen molar-refractivity contribution in [3.8, 4) is 0 Å². The Balaban J connectivity index is 0.000000406. The number of pyridine rings is 1. The Hall–Kier alpha value is -2.76. The molecule has 0 saturated carbocycles. The SMILES string of the molecule is CC(C)N1CCOCC2(CN(C(=O)c3ccc4ccccc4n3)CCO2)C1.O=C(O)C(F)(F)F. The molecule has 1 aromatic carbocycles. The molecule has 0 aliphatic carbocycles. The molecule has 1 unspecified atom stereocenters. The monoisotopic (exact) mass is 483 g/mol. The number of rotatable bonds is 2. The molecule has 1 aromatic heterocycles. The van der Waals surface area contributed by atoms with Crippen LogP contribution >= 0.6 is 0 Å². The maximum atomic E-state index is 13.1. The van der Waals surface area contributed by atoms with Gasteiger partial charge in [0.25, 0.3) is 5.91 Å². The number of halogens is 3. The number of para-hydroxylation sites is 1. The molecule has 2 aliphatic heterocycles. The number of carboxylic acids is 1. The average molecular weight is 483 g/mol. The van der Waals surface area contributed by atoms with Gasteiger partial charge in [-0.05, 0) is 26.0 Å². The summed E-state index contributed by atoms with van der Waals surface area (Å²) >= 11 is 0. The molecule has 1 spiro atoms. The van der Waals surface area contributed by atoms with Gasteiger partial charge in [0, 0.05) is 31.1 Å². The first kappa shape index (κ1) is 25.9. The summed E-state index contributed by atoms with van der Waals surface area (Å²) in [6.07, 6.45) is -5.08. The van der Waals surface area contributed by atoms with Crippen LogP contribution in [0.5, 0.6) is 0 Å². The number of nitrogens with zero attached hydrogens (tertiary/aromatic N) is 3. The van der Waals surface area contributed by atoms with Crippen molar-refractivity contribution in [1.82, 2.24) is 14.8 Å². The smallest absolute Gasteiger partial charge is 0.475 e. The zero-order valence-electron chi connectivity index (χ0n) is 19.0. The fourth-order valence-electron chi connectivity index (χ4n) is 3.92. The van der Waals surface area contributed by atoms with E-state index >= 15 is 0 Å². The lowest BCUT2D eigenvalue weighted by atomic mass is 10.0. The van der Waals surface area contributed by atoms with Crippen molar-refractivity contribution in [2.45, 2.75) is 31.7 Å². The largest absolute Gasteiger partial charge is 0.490 e. The number of hydrogen-bond acceptors (Lipinski definition) is 6. The number of amides is 1. The topological polar surface area (TPSA) is 92.2 Å². The lowest BCUT2D eigenvalue weighted by molar-refractivity contribution is -0.192. The molecule has 2 aromatic rings. The summed E-state index contributed by atoms with van der Waals surface area (Å²) in [5.74, 6) is -2.80. The zero-order chi connectivity index (χ0) is 24.9. The minimum atomic E-state index is -5.08. The fraction of sp³-hybridized carbons (Fsp3) is 0.522. The van der Waals surface area contributed by atoms with Crippen molar-refractivity contribution in [3.63, 3.8) is 0 Å². The van der Waals surface area contributed by atoms with E-state index in [-0.39, 0.29) is 5.91 Å². The van der Waals surface area contributed by atoms with Crippen LogP contribution in [0.2, 0.25) is 0 Å². The van der Waals surface area contributed by atoms with Crippen LogP contribution in [-0.4, -0.2) is 95.6 Å². The second-order valence-electron chi connectivity index (χ2n) is 8.57. The van der Waals surface area contributed by atoms with Gasteiger partial charge in [-0.25, -0.2) is 9.78 Å². The number of carboxylic acid groups (broad SMARTS) is 1. The van der Waals surface area contributed by atoms with E-state index in [1.54, 1.807) is 0 Å². The van der Waals surface area contributed by atoms with Gasteiger partial charge in [0.2, 0.25) is 0 Å². The first-order valence-corrected chi connectivity index (χ1v) is 10.9. The van der Waals surface area contributed by atoms with Crippen molar-refractivity contribution in [1.29, 1.82) is 0 Å². The predicted molar refractivity (Wildman–Crippen MR) is 118 cm³/mol. The van der Waals surface area contributed by atoms with Gasteiger partial charge in [0.05, 0.1) is 31.9 Å². The molecule has 1 N–H and O–H groups in total. The first-order valence-electron chi connectivity index (χ1n) is 10.9. The maximum Gasteiger partial charge on any atom is 0.490 e. The lowest BCUT2D eigenvalue weighted by Gasteiger charge is -2.44. The quantitative estimate of drug-likeness (QED) is 0.702. The van der Waals surface area contributed by atoms with Crippen molar-refractivity contribution in [2.24, 2.45) is 0 Å². The fourth-order valence-corrected chi connectivity index (χ4v) is 3.92. The third kappa shape index (κ3) is 6.43. The van der Waals surface area contributed by atoms with Crippen LogP contribution in [-0.2, 0) is 14.3 Å². The average Bonchev–Trinajstić information content (AvgIpc) is 3.00. The summed E-state index contributed by atoms with van der Waals surface area (Å²) in [4.78, 5) is 30.8. The van der Waals surface area contributed by atoms with Crippen molar-refractivity contribution >= 4 is 22.8 Å². The number of aliphatic carboxylic acids is 1. The van der Waals surface area contributed by atoms with Gasteiger partial charge in [-0.1, -0.05) is 24.3 Å². The van der Waals surface area contributed by atoms with Gasteiger partial charge >= 0.3 is 12.1 Å². The Morgan fingerprint density at radius 2 is 1.79 bits per heavy atom. The van der Waals surface area contributed by atoms with E-state index in [4.69, 9.17) is 19.4 Å². The molecule has 0 radical (unpaired) electrons. The molecule has 34 heavy (non-hydrogen) atoms. The van der Waals surface area contributed by atoms with E-state index in [2.05, 4.69) is 23.7 Å². The number of fused-ring (bicyclic) bond motifs is 1. The van der Waals surface area contributed by atoms with Crippen LogP contribution in [0.15, 0.2) is 36.4 Å². The second kappa shape index (κ2) is 10.7. The third-order valence-corrected chi connectivity index (χ3v) is 5.71. The first-order chi connectivity index (χ1) is 16.0. The predicted octanol–water partition coefficient (Wildman–Crippen LogP) is 2.82. The number of aromatic nitrogens is 1. The summed E-state index contributed by atoms with van der Waals surface area (Å²) in [6.45, 7) is 8.89. The Labute approximate surface area is 195 Å². The van der Waals surface area contributed by atoms with E-state index in [1.165, 1.54) is 0 Å². The minimum absolute atomic E-state index is 0.0382. The Morgan fingerprint density at radius 1 is 1.09 bits per heavy atom. The van der Waals surface area contributed by atoms with Gasteiger partial charge in [0.1, 0.15) is 11.3 Å². The zero-order valence-corrected chi connectivity index (χ0v) is 19.0.